The van der Waals surface area contributed by atoms with E-state index in [0.29, 0.717) is 11.7 Å². The lowest BCUT2D eigenvalue weighted by Crippen LogP contribution is -2.28. The van der Waals surface area contributed by atoms with Gasteiger partial charge in [-0.25, -0.2) is 4.98 Å². The van der Waals surface area contributed by atoms with Crippen LogP contribution in [0.1, 0.15) is 17.0 Å². The molecule has 4 nitrogen and oxygen atoms in total. The van der Waals surface area contributed by atoms with Crippen molar-refractivity contribution >= 4 is 23.0 Å². The fraction of sp³-hybridized carbons (Fsp3) is 0.158. The first-order valence-electron chi connectivity index (χ1n) is 7.83. The van der Waals surface area contributed by atoms with Crippen LogP contribution in [-0.4, -0.2) is 14.7 Å². The third-order valence-corrected chi connectivity index (χ3v) is 4.07. The minimum Gasteiger partial charge on any atom is -0.358 e. The molecule has 0 aliphatic heterocycles. The molecule has 2 aromatic carbocycles. The van der Waals surface area contributed by atoms with Gasteiger partial charge in [-0.1, -0.05) is 35.9 Å². The largest absolute Gasteiger partial charge is 0.358 e. The lowest BCUT2D eigenvalue weighted by molar-refractivity contribution is 0.885. The number of aromatic nitrogens is 2. The Morgan fingerprint density at radius 2 is 1.83 bits per heavy atom. The van der Waals surface area contributed by atoms with Gasteiger partial charge in [-0.05, 0) is 49.8 Å². The number of thiocarbonyl (C=S) groups is 1. The Labute approximate surface area is 147 Å². The van der Waals surface area contributed by atoms with E-state index in [1.54, 1.807) is 0 Å². The Kier molecular flexibility index (Phi) is 4.91. The Balaban J connectivity index is 1.68. The van der Waals surface area contributed by atoms with Gasteiger partial charge in [0.05, 0.1) is 5.69 Å². The van der Waals surface area contributed by atoms with Crippen LogP contribution < -0.4 is 10.6 Å². The van der Waals surface area contributed by atoms with Crippen molar-refractivity contribution < 1.29 is 0 Å². The van der Waals surface area contributed by atoms with Crippen LogP contribution >= 0.6 is 12.2 Å². The monoisotopic (exact) mass is 336 g/mol. The quantitative estimate of drug-likeness (QED) is 0.707. The number of hydrogen-bond acceptors (Lipinski definition) is 2. The second-order valence-electron chi connectivity index (χ2n) is 5.65. The molecule has 2 N–H and O–H groups in total. The van der Waals surface area contributed by atoms with Crippen LogP contribution in [0.3, 0.4) is 0 Å². The summed E-state index contributed by atoms with van der Waals surface area (Å²) >= 11 is 5.40. The molecule has 0 fully saturated rings. The number of nitrogens with one attached hydrogen (secondary N) is 2. The van der Waals surface area contributed by atoms with E-state index in [2.05, 4.69) is 51.4 Å². The van der Waals surface area contributed by atoms with Gasteiger partial charge in [0, 0.05) is 24.6 Å². The second kappa shape index (κ2) is 7.27. The molecule has 0 aliphatic rings. The molecule has 0 saturated heterocycles. The summed E-state index contributed by atoms with van der Waals surface area (Å²) in [7, 11) is 0. The van der Waals surface area contributed by atoms with Crippen molar-refractivity contribution in [3.05, 3.63) is 77.9 Å². The standard InChI is InChI=1S/C19H20N4S/c1-14-7-9-17(10-8-14)22-19(24)21-13-16-5-3-4-6-18(16)23-12-11-20-15(23)2/h3-12H,13H2,1-2H3,(H2,21,22,24). The smallest absolute Gasteiger partial charge is 0.171 e. The highest BCUT2D eigenvalue weighted by molar-refractivity contribution is 7.80. The van der Waals surface area contributed by atoms with Crippen molar-refractivity contribution in [2.45, 2.75) is 20.4 Å². The van der Waals surface area contributed by atoms with E-state index in [-0.39, 0.29) is 0 Å². The average Bonchev–Trinajstić information content (AvgIpc) is 3.01. The molecule has 0 radical (unpaired) electrons. The lowest BCUT2D eigenvalue weighted by atomic mass is 10.1. The van der Waals surface area contributed by atoms with Gasteiger partial charge < -0.3 is 15.2 Å². The van der Waals surface area contributed by atoms with Crippen LogP contribution in [0.25, 0.3) is 5.69 Å². The number of anilines is 1. The van der Waals surface area contributed by atoms with E-state index in [1.807, 2.05) is 43.6 Å². The third-order valence-electron chi connectivity index (χ3n) is 3.83. The third kappa shape index (κ3) is 3.81. The van der Waals surface area contributed by atoms with Crippen molar-refractivity contribution in [3.63, 3.8) is 0 Å². The average molecular weight is 336 g/mol. The predicted octanol–water partition coefficient (Wildman–Crippen LogP) is 3.98. The Morgan fingerprint density at radius 1 is 1.08 bits per heavy atom. The van der Waals surface area contributed by atoms with Crippen LogP contribution in [0.5, 0.6) is 0 Å². The Bertz CT molecular complexity index is 837. The van der Waals surface area contributed by atoms with Gasteiger partial charge in [0.15, 0.2) is 5.11 Å². The van der Waals surface area contributed by atoms with Crippen molar-refractivity contribution in [2.24, 2.45) is 0 Å². The zero-order chi connectivity index (χ0) is 16.9. The summed E-state index contributed by atoms with van der Waals surface area (Å²) in [5, 5.41) is 7.08. The first kappa shape index (κ1) is 16.2. The van der Waals surface area contributed by atoms with Crippen molar-refractivity contribution in [2.75, 3.05) is 5.32 Å². The van der Waals surface area contributed by atoms with Gasteiger partial charge in [0.2, 0.25) is 0 Å². The summed E-state index contributed by atoms with van der Waals surface area (Å²) < 4.78 is 2.08. The maximum Gasteiger partial charge on any atom is 0.171 e. The fourth-order valence-corrected chi connectivity index (χ4v) is 2.71. The number of hydrogen-bond donors (Lipinski definition) is 2. The SMILES string of the molecule is Cc1ccc(NC(=S)NCc2ccccc2-n2ccnc2C)cc1. The topological polar surface area (TPSA) is 41.9 Å². The van der Waals surface area contributed by atoms with E-state index in [4.69, 9.17) is 12.2 Å². The van der Waals surface area contributed by atoms with E-state index in [9.17, 15) is 0 Å². The van der Waals surface area contributed by atoms with E-state index in [0.717, 1.165) is 22.8 Å². The lowest BCUT2D eigenvalue weighted by Gasteiger charge is -2.14. The fourth-order valence-electron chi connectivity index (χ4n) is 2.52. The summed E-state index contributed by atoms with van der Waals surface area (Å²) in [6.07, 6.45) is 3.78. The number of benzene rings is 2. The molecule has 3 aromatic rings. The predicted molar refractivity (Wildman–Crippen MR) is 103 cm³/mol. The summed E-state index contributed by atoms with van der Waals surface area (Å²) in [5.74, 6) is 0.961. The molecule has 1 heterocycles. The highest BCUT2D eigenvalue weighted by Gasteiger charge is 2.07. The number of nitrogens with zero attached hydrogens (tertiary/aromatic N) is 2. The van der Waals surface area contributed by atoms with Crippen molar-refractivity contribution in [3.8, 4) is 5.69 Å². The highest BCUT2D eigenvalue weighted by atomic mass is 32.1. The molecular weight excluding hydrogens is 316 g/mol. The molecule has 0 bridgehead atoms. The van der Waals surface area contributed by atoms with Crippen molar-refractivity contribution in [1.29, 1.82) is 0 Å². The molecule has 0 spiro atoms. The molecule has 122 valence electrons. The van der Waals surface area contributed by atoms with Gasteiger partial charge in [-0.3, -0.25) is 0 Å². The molecule has 0 saturated carbocycles. The molecule has 0 aliphatic carbocycles. The molecule has 0 amide bonds. The van der Waals surface area contributed by atoms with Gasteiger partial charge in [0.1, 0.15) is 5.82 Å². The van der Waals surface area contributed by atoms with Crippen molar-refractivity contribution in [1.82, 2.24) is 14.9 Å². The first-order chi connectivity index (χ1) is 11.6. The molecule has 5 heteroatoms. The van der Waals surface area contributed by atoms with Crippen LogP contribution in [-0.2, 0) is 6.54 Å². The molecule has 0 unspecified atom stereocenters. The molecule has 1 aromatic heterocycles. The minimum atomic E-state index is 0.607. The number of rotatable bonds is 4. The van der Waals surface area contributed by atoms with Gasteiger partial charge in [-0.2, -0.15) is 0 Å². The highest BCUT2D eigenvalue weighted by Crippen LogP contribution is 2.16. The zero-order valence-corrected chi connectivity index (χ0v) is 14.6. The van der Waals surface area contributed by atoms with E-state index in [1.165, 1.54) is 5.56 Å². The maximum absolute atomic E-state index is 5.40. The molecule has 0 atom stereocenters. The number of imidazole rings is 1. The Hall–Kier alpha value is -2.66. The number of para-hydroxylation sites is 1. The zero-order valence-electron chi connectivity index (χ0n) is 13.8. The van der Waals surface area contributed by atoms with Crippen LogP contribution in [0.2, 0.25) is 0 Å². The normalized spacial score (nSPS) is 10.4. The molecule has 3 rings (SSSR count). The minimum absolute atomic E-state index is 0.607. The van der Waals surface area contributed by atoms with Crippen LogP contribution in [0.4, 0.5) is 5.69 Å². The van der Waals surface area contributed by atoms with E-state index < -0.39 is 0 Å². The summed E-state index contributed by atoms with van der Waals surface area (Å²) in [4.78, 5) is 4.30. The summed E-state index contributed by atoms with van der Waals surface area (Å²) in [6, 6.07) is 16.4. The summed E-state index contributed by atoms with van der Waals surface area (Å²) in [6.45, 7) is 4.70. The summed E-state index contributed by atoms with van der Waals surface area (Å²) in [5.41, 5.74) is 4.48. The second-order valence-corrected chi connectivity index (χ2v) is 6.06. The number of aryl methyl sites for hydroxylation is 2. The van der Waals surface area contributed by atoms with Gasteiger partial charge in [0.25, 0.3) is 0 Å². The first-order valence-corrected chi connectivity index (χ1v) is 8.24. The van der Waals surface area contributed by atoms with Gasteiger partial charge >= 0.3 is 0 Å². The van der Waals surface area contributed by atoms with Gasteiger partial charge in [-0.15, -0.1) is 0 Å². The van der Waals surface area contributed by atoms with Crippen LogP contribution in [0.15, 0.2) is 60.9 Å². The molecule has 24 heavy (non-hydrogen) atoms. The van der Waals surface area contributed by atoms with Crippen LogP contribution in [0, 0.1) is 13.8 Å². The van der Waals surface area contributed by atoms with E-state index >= 15 is 0 Å². The maximum atomic E-state index is 5.40. The Morgan fingerprint density at radius 3 is 2.54 bits per heavy atom. The molecular formula is C19H20N4S.